The minimum atomic E-state index is -0.536. The van der Waals surface area contributed by atoms with Crippen LogP contribution in [0, 0.1) is 6.92 Å². The maximum absolute atomic E-state index is 11.4. The molecule has 7 nitrogen and oxygen atoms in total. The summed E-state index contributed by atoms with van der Waals surface area (Å²) in [5, 5.41) is 6.38. The molecule has 0 saturated carbocycles. The van der Waals surface area contributed by atoms with Gasteiger partial charge in [-0.15, -0.1) is 0 Å². The third kappa shape index (κ3) is 2.44. The molecule has 0 aromatic carbocycles. The van der Waals surface area contributed by atoms with Crippen LogP contribution in [0.2, 0.25) is 0 Å². The summed E-state index contributed by atoms with van der Waals surface area (Å²) < 4.78 is 4.79. The van der Waals surface area contributed by atoms with E-state index in [0.717, 1.165) is 5.69 Å². The zero-order valence-corrected chi connectivity index (χ0v) is 9.47. The van der Waals surface area contributed by atoms with Crippen LogP contribution in [-0.4, -0.2) is 37.7 Å². The van der Waals surface area contributed by atoms with Crippen LogP contribution in [0.4, 0.5) is 0 Å². The molecule has 0 fully saturated rings. The van der Waals surface area contributed by atoms with Crippen LogP contribution in [0.15, 0.2) is 12.4 Å². The number of hydrogen-bond donors (Lipinski definition) is 1. The molecule has 0 amide bonds. The van der Waals surface area contributed by atoms with Gasteiger partial charge in [-0.25, -0.2) is 9.78 Å². The summed E-state index contributed by atoms with van der Waals surface area (Å²) >= 11 is 0. The number of nitrogens with one attached hydrogen (secondary N) is 1. The molecule has 2 rings (SSSR count). The van der Waals surface area contributed by atoms with E-state index in [1.807, 2.05) is 6.92 Å². The van der Waals surface area contributed by atoms with Crippen LogP contribution in [0.5, 0.6) is 0 Å². The molecule has 1 N–H and O–H groups in total. The van der Waals surface area contributed by atoms with Gasteiger partial charge in [0.1, 0.15) is 5.69 Å². The third-order valence-corrected chi connectivity index (χ3v) is 1.96. The fourth-order valence-corrected chi connectivity index (χ4v) is 1.18. The lowest BCUT2D eigenvalue weighted by Gasteiger charge is -1.95. The molecule has 7 heteroatoms. The molecule has 0 unspecified atom stereocenters. The number of aryl methyl sites for hydroxylation is 1. The van der Waals surface area contributed by atoms with Gasteiger partial charge in [-0.1, -0.05) is 0 Å². The lowest BCUT2D eigenvalue weighted by Crippen LogP contribution is -2.06. The Morgan fingerprint density at radius 2 is 2.24 bits per heavy atom. The molecule has 88 valence electrons. The SMILES string of the molecule is CCOC(=O)c1nc(-c2cnc(C)cn2)n[nH]1. The molecule has 0 atom stereocenters. The van der Waals surface area contributed by atoms with Gasteiger partial charge < -0.3 is 4.74 Å². The van der Waals surface area contributed by atoms with Crippen molar-refractivity contribution in [2.45, 2.75) is 13.8 Å². The summed E-state index contributed by atoms with van der Waals surface area (Å²) in [6.45, 7) is 3.85. The van der Waals surface area contributed by atoms with Gasteiger partial charge in [0.25, 0.3) is 0 Å². The first-order valence-electron chi connectivity index (χ1n) is 5.09. The number of carbonyl (C=O) groups is 1. The Hall–Kier alpha value is -2.31. The zero-order chi connectivity index (χ0) is 12.3. The highest BCUT2D eigenvalue weighted by atomic mass is 16.5. The first-order valence-corrected chi connectivity index (χ1v) is 5.09. The van der Waals surface area contributed by atoms with Crippen molar-refractivity contribution in [2.75, 3.05) is 6.61 Å². The molecule has 17 heavy (non-hydrogen) atoms. The van der Waals surface area contributed by atoms with Crippen molar-refractivity contribution in [2.24, 2.45) is 0 Å². The van der Waals surface area contributed by atoms with E-state index < -0.39 is 5.97 Å². The van der Waals surface area contributed by atoms with Crippen molar-refractivity contribution in [1.82, 2.24) is 25.1 Å². The number of hydrogen-bond acceptors (Lipinski definition) is 6. The van der Waals surface area contributed by atoms with Crippen molar-refractivity contribution in [3.63, 3.8) is 0 Å². The summed E-state index contributed by atoms with van der Waals surface area (Å²) in [6, 6.07) is 0. The van der Waals surface area contributed by atoms with Gasteiger partial charge in [-0.3, -0.25) is 10.1 Å². The van der Waals surface area contributed by atoms with Gasteiger partial charge in [0, 0.05) is 6.20 Å². The predicted molar refractivity (Wildman–Crippen MR) is 58.1 cm³/mol. The lowest BCUT2D eigenvalue weighted by atomic mass is 10.4. The summed E-state index contributed by atoms with van der Waals surface area (Å²) in [7, 11) is 0. The first kappa shape index (κ1) is 11.2. The summed E-state index contributed by atoms with van der Waals surface area (Å²) in [5.41, 5.74) is 1.30. The third-order valence-electron chi connectivity index (χ3n) is 1.96. The quantitative estimate of drug-likeness (QED) is 0.786. The van der Waals surface area contributed by atoms with Gasteiger partial charge in [0.15, 0.2) is 0 Å². The number of aromatic nitrogens is 5. The Morgan fingerprint density at radius 1 is 1.41 bits per heavy atom. The van der Waals surface area contributed by atoms with E-state index in [-0.39, 0.29) is 5.82 Å². The van der Waals surface area contributed by atoms with Crippen molar-refractivity contribution in [3.05, 3.63) is 23.9 Å². The van der Waals surface area contributed by atoms with Crippen molar-refractivity contribution < 1.29 is 9.53 Å². The fourth-order valence-electron chi connectivity index (χ4n) is 1.18. The highest BCUT2D eigenvalue weighted by Crippen LogP contribution is 2.10. The average Bonchev–Trinajstić information content (AvgIpc) is 2.80. The van der Waals surface area contributed by atoms with E-state index in [0.29, 0.717) is 18.1 Å². The Labute approximate surface area is 97.3 Å². The topological polar surface area (TPSA) is 93.7 Å². The van der Waals surface area contributed by atoms with Crippen LogP contribution in [0.3, 0.4) is 0 Å². The van der Waals surface area contributed by atoms with Crippen molar-refractivity contribution in [3.8, 4) is 11.5 Å². The molecule has 0 spiro atoms. The average molecular weight is 233 g/mol. The Kier molecular flexibility index (Phi) is 3.08. The molecule has 0 radical (unpaired) electrons. The molecule has 0 aliphatic carbocycles. The smallest absolute Gasteiger partial charge is 0.375 e. The second kappa shape index (κ2) is 4.69. The van der Waals surface area contributed by atoms with Gasteiger partial charge in [-0.05, 0) is 13.8 Å². The van der Waals surface area contributed by atoms with E-state index in [1.165, 1.54) is 0 Å². The molecule has 2 aromatic rings. The monoisotopic (exact) mass is 233 g/mol. The number of esters is 1. The van der Waals surface area contributed by atoms with E-state index in [2.05, 4.69) is 25.1 Å². The first-order chi connectivity index (χ1) is 8.20. The van der Waals surface area contributed by atoms with Gasteiger partial charge in [0.05, 0.1) is 18.5 Å². The second-order valence-electron chi connectivity index (χ2n) is 3.27. The van der Waals surface area contributed by atoms with E-state index in [9.17, 15) is 4.79 Å². The minimum absolute atomic E-state index is 0.0595. The van der Waals surface area contributed by atoms with Crippen LogP contribution in [0.1, 0.15) is 23.2 Å². The Morgan fingerprint density at radius 3 is 2.88 bits per heavy atom. The van der Waals surface area contributed by atoms with Crippen LogP contribution < -0.4 is 0 Å². The molecule has 0 aliphatic heterocycles. The van der Waals surface area contributed by atoms with Crippen LogP contribution in [-0.2, 0) is 4.74 Å². The maximum Gasteiger partial charge on any atom is 0.375 e. The largest absolute Gasteiger partial charge is 0.460 e. The maximum atomic E-state index is 11.4. The number of rotatable bonds is 3. The number of nitrogens with zero attached hydrogens (tertiary/aromatic N) is 4. The fraction of sp³-hybridized carbons (Fsp3) is 0.300. The summed E-state index contributed by atoms with van der Waals surface area (Å²) in [5.74, 6) is -0.156. The number of carbonyl (C=O) groups excluding carboxylic acids is 1. The van der Waals surface area contributed by atoms with Gasteiger partial charge in [0.2, 0.25) is 11.6 Å². The lowest BCUT2D eigenvalue weighted by molar-refractivity contribution is 0.0512. The van der Waals surface area contributed by atoms with Crippen LogP contribution in [0.25, 0.3) is 11.5 Å². The predicted octanol–water partition coefficient (Wildman–Crippen LogP) is 0.747. The van der Waals surface area contributed by atoms with Crippen molar-refractivity contribution >= 4 is 5.97 Å². The molecule has 0 bridgehead atoms. The molecule has 2 aromatic heterocycles. The van der Waals surface area contributed by atoms with Gasteiger partial charge in [-0.2, -0.15) is 10.1 Å². The molecular formula is C10H11N5O2. The molecule has 2 heterocycles. The Bertz CT molecular complexity index is 520. The number of ether oxygens (including phenoxy) is 1. The number of H-pyrrole nitrogens is 1. The standard InChI is InChI=1S/C10H11N5O2/c1-3-17-10(16)9-13-8(14-15-9)7-5-11-6(2)4-12-7/h4-5H,3H2,1-2H3,(H,13,14,15). The van der Waals surface area contributed by atoms with Crippen molar-refractivity contribution in [1.29, 1.82) is 0 Å². The molecule has 0 saturated heterocycles. The summed E-state index contributed by atoms with van der Waals surface area (Å²) in [4.78, 5) is 23.5. The molecule has 0 aliphatic rings. The highest BCUT2D eigenvalue weighted by Gasteiger charge is 2.14. The second-order valence-corrected chi connectivity index (χ2v) is 3.27. The van der Waals surface area contributed by atoms with E-state index in [1.54, 1.807) is 19.3 Å². The van der Waals surface area contributed by atoms with Gasteiger partial charge >= 0.3 is 5.97 Å². The minimum Gasteiger partial charge on any atom is -0.460 e. The van der Waals surface area contributed by atoms with E-state index in [4.69, 9.17) is 4.74 Å². The number of aromatic amines is 1. The summed E-state index contributed by atoms with van der Waals surface area (Å²) in [6.07, 6.45) is 3.16. The highest BCUT2D eigenvalue weighted by molar-refractivity contribution is 5.85. The van der Waals surface area contributed by atoms with Crippen LogP contribution >= 0.6 is 0 Å². The normalized spacial score (nSPS) is 10.2. The Balaban J connectivity index is 2.23. The van der Waals surface area contributed by atoms with E-state index >= 15 is 0 Å². The molecular weight excluding hydrogens is 222 g/mol. The zero-order valence-electron chi connectivity index (χ0n) is 9.47.